The maximum absolute atomic E-state index is 13.5. The molecule has 1 saturated heterocycles. The van der Waals surface area contributed by atoms with E-state index in [1.807, 2.05) is 43.3 Å². The molecule has 1 N–H and O–H groups in total. The zero-order valence-electron chi connectivity index (χ0n) is 18.1. The van der Waals surface area contributed by atoms with Crippen LogP contribution in [-0.2, 0) is 34.4 Å². The van der Waals surface area contributed by atoms with Crippen LogP contribution in [0, 0.1) is 0 Å². The number of urea groups is 1. The molecule has 3 aliphatic rings. The van der Waals surface area contributed by atoms with E-state index in [1.165, 1.54) is 11.1 Å². The van der Waals surface area contributed by atoms with Crippen molar-refractivity contribution in [2.24, 2.45) is 0 Å². The van der Waals surface area contributed by atoms with Gasteiger partial charge >= 0.3 is 6.03 Å². The molecule has 31 heavy (non-hydrogen) atoms. The molecule has 2 aromatic rings. The molecule has 2 heterocycles. The van der Waals surface area contributed by atoms with Crippen LogP contribution in [0.15, 0.2) is 42.5 Å². The number of nitrogens with zero attached hydrogens (tertiary/aromatic N) is 2. The Morgan fingerprint density at radius 1 is 1.10 bits per heavy atom. The summed E-state index contributed by atoms with van der Waals surface area (Å²) in [5.41, 5.74) is 4.12. The van der Waals surface area contributed by atoms with Crippen LogP contribution < -0.4 is 10.2 Å². The van der Waals surface area contributed by atoms with Gasteiger partial charge in [0.05, 0.1) is 0 Å². The normalized spacial score (nSPS) is 25.5. The van der Waals surface area contributed by atoms with Crippen molar-refractivity contribution in [3.05, 3.63) is 64.7 Å². The van der Waals surface area contributed by atoms with Crippen LogP contribution in [0.25, 0.3) is 0 Å². The number of carbonyl (C=O) groups excluding carboxylic acids is 3. The second-order valence-corrected chi connectivity index (χ2v) is 9.13. The maximum Gasteiger partial charge on any atom is 0.326 e. The zero-order valence-corrected chi connectivity index (χ0v) is 18.1. The first-order chi connectivity index (χ1) is 14.8. The lowest BCUT2D eigenvalue weighted by Crippen LogP contribution is -2.52. The molecule has 0 unspecified atom stereocenters. The maximum atomic E-state index is 13.5. The van der Waals surface area contributed by atoms with Gasteiger partial charge in [0.25, 0.3) is 5.91 Å². The highest BCUT2D eigenvalue weighted by molar-refractivity contribution is 6.12. The fraction of sp³-hybridized carbons (Fsp3) is 0.400. The van der Waals surface area contributed by atoms with E-state index >= 15 is 0 Å². The molecule has 6 heteroatoms. The first kappa shape index (κ1) is 19.8. The van der Waals surface area contributed by atoms with Crippen LogP contribution in [0.5, 0.6) is 0 Å². The predicted molar refractivity (Wildman–Crippen MR) is 118 cm³/mol. The summed E-state index contributed by atoms with van der Waals surface area (Å²) >= 11 is 0. The zero-order chi connectivity index (χ0) is 21.9. The number of hydrogen-bond acceptors (Lipinski definition) is 3. The number of anilines is 1. The van der Waals surface area contributed by atoms with Crippen LogP contribution in [0.1, 0.15) is 49.4 Å². The largest absolute Gasteiger partial charge is 0.326 e. The van der Waals surface area contributed by atoms with E-state index in [0.717, 1.165) is 47.4 Å². The van der Waals surface area contributed by atoms with E-state index in [9.17, 15) is 14.4 Å². The van der Waals surface area contributed by atoms with Gasteiger partial charge in [0.15, 0.2) is 0 Å². The molecule has 160 valence electrons. The number of rotatable bonds is 3. The van der Waals surface area contributed by atoms with E-state index < -0.39 is 17.6 Å². The van der Waals surface area contributed by atoms with Crippen LogP contribution in [0.4, 0.5) is 10.5 Å². The highest BCUT2D eigenvalue weighted by Gasteiger charge is 2.53. The highest BCUT2D eigenvalue weighted by Crippen LogP contribution is 2.36. The van der Waals surface area contributed by atoms with Gasteiger partial charge in [-0.15, -0.1) is 0 Å². The fourth-order valence-corrected chi connectivity index (χ4v) is 5.30. The fourth-order valence-electron chi connectivity index (χ4n) is 5.30. The van der Waals surface area contributed by atoms with Crippen molar-refractivity contribution in [3.8, 4) is 0 Å². The summed E-state index contributed by atoms with van der Waals surface area (Å²) in [7, 11) is 0. The third-order valence-electron chi connectivity index (χ3n) is 7.09. The van der Waals surface area contributed by atoms with Crippen LogP contribution in [-0.4, -0.2) is 34.8 Å². The number of imide groups is 1. The number of para-hydroxylation sites is 1. The Morgan fingerprint density at radius 2 is 1.84 bits per heavy atom. The molecule has 3 atom stereocenters. The second kappa shape index (κ2) is 6.94. The summed E-state index contributed by atoms with van der Waals surface area (Å²) in [5, 5.41) is 2.86. The van der Waals surface area contributed by atoms with Crippen molar-refractivity contribution in [1.29, 1.82) is 0 Å². The summed E-state index contributed by atoms with van der Waals surface area (Å²) in [6.45, 7) is 5.36. The van der Waals surface area contributed by atoms with Gasteiger partial charge in [-0.25, -0.2) is 9.69 Å². The predicted octanol–water partition coefficient (Wildman–Crippen LogP) is 3.31. The lowest BCUT2D eigenvalue weighted by Gasteiger charge is -2.30. The Bertz CT molecular complexity index is 1110. The second-order valence-electron chi connectivity index (χ2n) is 9.13. The standard InChI is InChI=1S/C25H27N3O3/c1-15-13-19-7-4-5-10-21(19)27(15)22(29)16(2)28-23(30)25(3,26-24(28)31)20-12-11-17-8-6-9-18(17)14-20/h4-5,7,10-12,14-16H,6,8-9,13H2,1-3H3,(H,26,31)/t15-,16-,25-/m1/s1. The lowest BCUT2D eigenvalue weighted by molar-refractivity contribution is -0.137. The molecule has 4 amide bonds. The van der Waals surface area contributed by atoms with Crippen LogP contribution >= 0.6 is 0 Å². The minimum atomic E-state index is -1.17. The van der Waals surface area contributed by atoms with Crippen molar-refractivity contribution < 1.29 is 14.4 Å². The van der Waals surface area contributed by atoms with Crippen molar-refractivity contribution in [2.45, 2.75) is 64.1 Å². The Kier molecular flexibility index (Phi) is 4.43. The molecule has 2 aromatic carbocycles. The van der Waals surface area contributed by atoms with Gasteiger partial charge in [-0.1, -0.05) is 36.4 Å². The molecule has 6 nitrogen and oxygen atoms in total. The van der Waals surface area contributed by atoms with Crippen molar-refractivity contribution >= 4 is 23.5 Å². The van der Waals surface area contributed by atoms with E-state index in [1.54, 1.807) is 18.7 Å². The number of benzene rings is 2. The van der Waals surface area contributed by atoms with E-state index in [4.69, 9.17) is 0 Å². The van der Waals surface area contributed by atoms with E-state index in [-0.39, 0.29) is 17.9 Å². The number of hydrogen-bond donors (Lipinski definition) is 1. The minimum Gasteiger partial charge on any atom is -0.319 e. The summed E-state index contributed by atoms with van der Waals surface area (Å²) in [5.74, 6) is -0.615. The van der Waals surface area contributed by atoms with Gasteiger partial charge in [0.2, 0.25) is 5.91 Å². The first-order valence-electron chi connectivity index (χ1n) is 11.0. The Balaban J connectivity index is 1.44. The summed E-state index contributed by atoms with van der Waals surface area (Å²) in [4.78, 5) is 42.7. The molecule has 0 saturated carbocycles. The molecule has 0 spiro atoms. The lowest BCUT2D eigenvalue weighted by atomic mass is 9.89. The topological polar surface area (TPSA) is 69.7 Å². The van der Waals surface area contributed by atoms with Gasteiger partial charge in [-0.05, 0) is 74.8 Å². The minimum absolute atomic E-state index is 0.0174. The highest BCUT2D eigenvalue weighted by atomic mass is 16.2. The van der Waals surface area contributed by atoms with E-state index in [0.29, 0.717) is 0 Å². The molecule has 0 radical (unpaired) electrons. The molecule has 1 aliphatic carbocycles. The van der Waals surface area contributed by atoms with Gasteiger partial charge < -0.3 is 10.2 Å². The summed E-state index contributed by atoms with van der Waals surface area (Å²) < 4.78 is 0. The molecule has 1 fully saturated rings. The third-order valence-corrected chi connectivity index (χ3v) is 7.09. The summed E-state index contributed by atoms with van der Waals surface area (Å²) in [6, 6.07) is 12.4. The molecule has 0 bridgehead atoms. The first-order valence-corrected chi connectivity index (χ1v) is 11.0. The molecule has 2 aliphatic heterocycles. The number of nitrogens with one attached hydrogen (secondary N) is 1. The quantitative estimate of drug-likeness (QED) is 0.779. The van der Waals surface area contributed by atoms with Crippen molar-refractivity contribution in [1.82, 2.24) is 10.2 Å². The van der Waals surface area contributed by atoms with Gasteiger partial charge in [-0.2, -0.15) is 0 Å². The monoisotopic (exact) mass is 417 g/mol. The van der Waals surface area contributed by atoms with Gasteiger partial charge in [-0.3, -0.25) is 9.59 Å². The van der Waals surface area contributed by atoms with Gasteiger partial charge in [0.1, 0.15) is 11.6 Å². The number of fused-ring (bicyclic) bond motifs is 2. The SMILES string of the molecule is C[C@H](C(=O)N1c2ccccc2C[C@H]1C)N1C(=O)N[C@](C)(c2ccc3c(c2)CCC3)C1=O. The number of aryl methyl sites for hydroxylation is 2. The van der Waals surface area contributed by atoms with E-state index in [2.05, 4.69) is 11.4 Å². The van der Waals surface area contributed by atoms with Crippen LogP contribution in [0.3, 0.4) is 0 Å². The average molecular weight is 418 g/mol. The van der Waals surface area contributed by atoms with Crippen LogP contribution in [0.2, 0.25) is 0 Å². The molecular weight excluding hydrogens is 390 g/mol. The summed E-state index contributed by atoms with van der Waals surface area (Å²) in [6.07, 6.45) is 3.93. The number of amides is 4. The smallest absolute Gasteiger partial charge is 0.319 e. The average Bonchev–Trinajstić information content (AvgIpc) is 3.41. The molecule has 5 rings (SSSR count). The third kappa shape index (κ3) is 2.88. The molecule has 0 aromatic heterocycles. The Hall–Kier alpha value is -3.15. The molecular formula is C25H27N3O3. The van der Waals surface area contributed by atoms with Crippen molar-refractivity contribution in [3.63, 3.8) is 0 Å². The number of carbonyl (C=O) groups is 3. The van der Waals surface area contributed by atoms with Crippen molar-refractivity contribution in [2.75, 3.05) is 4.90 Å². The van der Waals surface area contributed by atoms with Gasteiger partial charge in [0, 0.05) is 11.7 Å². The Morgan fingerprint density at radius 3 is 2.65 bits per heavy atom. The Labute approximate surface area is 182 Å².